The lowest BCUT2D eigenvalue weighted by Gasteiger charge is -2.16. The number of nitrogens with one attached hydrogen (secondary N) is 1. The van der Waals surface area contributed by atoms with Crippen LogP contribution in [0.4, 0.5) is 0 Å². The number of nitrogens with zero attached hydrogens (tertiary/aromatic N) is 1. The van der Waals surface area contributed by atoms with Crippen molar-refractivity contribution in [2.45, 2.75) is 45.8 Å². The lowest BCUT2D eigenvalue weighted by molar-refractivity contribution is -0.121. The van der Waals surface area contributed by atoms with Crippen molar-refractivity contribution >= 4 is 5.91 Å². The van der Waals surface area contributed by atoms with E-state index in [4.69, 9.17) is 15.0 Å². The summed E-state index contributed by atoms with van der Waals surface area (Å²) in [5.74, 6) is 2.11. The molecule has 1 amide bonds. The highest BCUT2D eigenvalue weighted by Gasteiger charge is 2.31. The highest BCUT2D eigenvalue weighted by atomic mass is 16.5. The summed E-state index contributed by atoms with van der Waals surface area (Å²) in [4.78, 5) is 12.1. The van der Waals surface area contributed by atoms with Gasteiger partial charge in [0.1, 0.15) is 18.1 Å². The average molecular weight is 343 g/mol. The molecule has 0 spiro atoms. The Balaban J connectivity index is 1.50. The maximum absolute atomic E-state index is 12.1. The fraction of sp³-hybridized carbons (Fsp3) is 0.474. The second kappa shape index (κ2) is 7.70. The molecule has 1 saturated carbocycles. The zero-order chi connectivity index (χ0) is 17.8. The standard InChI is InChI=1S/C19H25N3O3/c1-12-17(13(2)25-22-12)11-24-16-7-3-14(4-8-16)9-19(23)21-18(10-20)15-5-6-15/h3-4,7-8,15,18H,5-6,9-11,20H2,1-2H3,(H,21,23). The zero-order valence-corrected chi connectivity index (χ0v) is 14.7. The van der Waals surface area contributed by atoms with Gasteiger partial charge in [-0.3, -0.25) is 4.79 Å². The Morgan fingerprint density at radius 1 is 1.36 bits per heavy atom. The van der Waals surface area contributed by atoms with E-state index >= 15 is 0 Å². The molecule has 2 aromatic rings. The molecule has 0 bridgehead atoms. The quantitative estimate of drug-likeness (QED) is 0.767. The van der Waals surface area contributed by atoms with Gasteiger partial charge in [-0.15, -0.1) is 0 Å². The van der Waals surface area contributed by atoms with Crippen molar-refractivity contribution in [1.82, 2.24) is 10.5 Å². The lowest BCUT2D eigenvalue weighted by Crippen LogP contribution is -2.42. The molecule has 1 aliphatic rings. The Bertz CT molecular complexity index is 701. The predicted octanol–water partition coefficient (Wildman–Crippen LogP) is 2.27. The first kappa shape index (κ1) is 17.5. The minimum absolute atomic E-state index is 0.0201. The van der Waals surface area contributed by atoms with Crippen molar-refractivity contribution in [1.29, 1.82) is 0 Å². The van der Waals surface area contributed by atoms with Gasteiger partial charge in [0.2, 0.25) is 5.91 Å². The van der Waals surface area contributed by atoms with Crippen molar-refractivity contribution < 1.29 is 14.1 Å². The van der Waals surface area contributed by atoms with Crippen LogP contribution in [0.15, 0.2) is 28.8 Å². The van der Waals surface area contributed by atoms with E-state index in [9.17, 15) is 4.79 Å². The fourth-order valence-corrected chi connectivity index (χ4v) is 2.88. The molecule has 6 heteroatoms. The molecule has 1 fully saturated rings. The molecule has 0 saturated heterocycles. The van der Waals surface area contributed by atoms with Crippen LogP contribution in [0.25, 0.3) is 0 Å². The van der Waals surface area contributed by atoms with Crippen LogP contribution in [0, 0.1) is 19.8 Å². The van der Waals surface area contributed by atoms with Crippen LogP contribution in [0.3, 0.4) is 0 Å². The molecular formula is C19H25N3O3. The van der Waals surface area contributed by atoms with Gasteiger partial charge in [-0.05, 0) is 50.3 Å². The van der Waals surface area contributed by atoms with E-state index in [0.717, 1.165) is 28.3 Å². The molecule has 1 aliphatic carbocycles. The first-order chi connectivity index (χ1) is 12.1. The summed E-state index contributed by atoms with van der Waals surface area (Å²) >= 11 is 0. The van der Waals surface area contributed by atoms with E-state index in [1.54, 1.807) is 0 Å². The zero-order valence-electron chi connectivity index (χ0n) is 14.7. The molecule has 1 aromatic heterocycles. The third kappa shape index (κ3) is 4.60. The minimum atomic E-state index is 0.0201. The van der Waals surface area contributed by atoms with E-state index in [1.807, 2.05) is 38.1 Å². The number of nitrogens with two attached hydrogens (primary N) is 1. The van der Waals surface area contributed by atoms with E-state index in [-0.39, 0.29) is 11.9 Å². The van der Waals surface area contributed by atoms with E-state index in [1.165, 1.54) is 12.8 Å². The third-order valence-electron chi connectivity index (χ3n) is 4.64. The van der Waals surface area contributed by atoms with Crippen LogP contribution in [0.1, 0.15) is 35.4 Å². The van der Waals surface area contributed by atoms with E-state index in [0.29, 0.717) is 25.5 Å². The second-order valence-electron chi connectivity index (χ2n) is 6.66. The Labute approximate surface area is 147 Å². The van der Waals surface area contributed by atoms with Gasteiger partial charge < -0.3 is 20.3 Å². The van der Waals surface area contributed by atoms with Gasteiger partial charge in [-0.25, -0.2) is 0 Å². The molecule has 25 heavy (non-hydrogen) atoms. The van der Waals surface area contributed by atoms with E-state index in [2.05, 4.69) is 10.5 Å². The average Bonchev–Trinajstić information content (AvgIpc) is 3.39. The Morgan fingerprint density at radius 3 is 2.64 bits per heavy atom. The van der Waals surface area contributed by atoms with Crippen molar-refractivity contribution in [2.75, 3.05) is 6.54 Å². The Morgan fingerprint density at radius 2 is 2.08 bits per heavy atom. The number of amides is 1. The maximum atomic E-state index is 12.1. The van der Waals surface area contributed by atoms with Gasteiger partial charge in [0.15, 0.2) is 0 Å². The largest absolute Gasteiger partial charge is 0.489 e. The molecule has 134 valence electrons. The SMILES string of the molecule is Cc1noc(C)c1COc1ccc(CC(=O)NC(CN)C2CC2)cc1. The number of benzene rings is 1. The van der Waals surface area contributed by atoms with Crippen LogP contribution in [0.2, 0.25) is 0 Å². The fourth-order valence-electron chi connectivity index (χ4n) is 2.88. The van der Waals surface area contributed by atoms with Crippen LogP contribution in [0.5, 0.6) is 5.75 Å². The van der Waals surface area contributed by atoms with Crippen molar-refractivity contribution in [3.63, 3.8) is 0 Å². The summed E-state index contributed by atoms with van der Waals surface area (Å²) in [6.45, 7) is 4.69. The first-order valence-corrected chi connectivity index (χ1v) is 8.69. The van der Waals surface area contributed by atoms with Gasteiger partial charge in [0.05, 0.1) is 17.7 Å². The number of aryl methyl sites for hydroxylation is 2. The maximum Gasteiger partial charge on any atom is 0.224 e. The summed E-state index contributed by atoms with van der Waals surface area (Å²) in [6.07, 6.45) is 2.69. The molecule has 1 aromatic carbocycles. The van der Waals surface area contributed by atoms with Crippen LogP contribution < -0.4 is 15.8 Å². The Kier molecular flexibility index (Phi) is 5.38. The van der Waals surface area contributed by atoms with Gasteiger partial charge in [0, 0.05) is 12.6 Å². The first-order valence-electron chi connectivity index (χ1n) is 8.69. The van der Waals surface area contributed by atoms with Crippen LogP contribution in [-0.4, -0.2) is 23.7 Å². The molecule has 1 heterocycles. The van der Waals surface area contributed by atoms with Gasteiger partial charge >= 0.3 is 0 Å². The summed E-state index contributed by atoms with van der Waals surface area (Å²) < 4.78 is 10.9. The van der Waals surface area contributed by atoms with Crippen LogP contribution >= 0.6 is 0 Å². The van der Waals surface area contributed by atoms with Crippen molar-refractivity contribution in [2.24, 2.45) is 11.7 Å². The number of hydrogen-bond acceptors (Lipinski definition) is 5. The highest BCUT2D eigenvalue weighted by Crippen LogP contribution is 2.32. The van der Waals surface area contributed by atoms with Crippen LogP contribution in [-0.2, 0) is 17.8 Å². The Hall–Kier alpha value is -2.34. The van der Waals surface area contributed by atoms with Crippen molar-refractivity contribution in [3.8, 4) is 5.75 Å². The predicted molar refractivity (Wildman–Crippen MR) is 94.2 cm³/mol. The summed E-state index contributed by atoms with van der Waals surface area (Å²) in [5, 5.41) is 6.95. The summed E-state index contributed by atoms with van der Waals surface area (Å²) in [7, 11) is 0. The molecule has 0 radical (unpaired) electrons. The second-order valence-corrected chi connectivity index (χ2v) is 6.66. The summed E-state index contributed by atoms with van der Waals surface area (Å²) in [5.41, 5.74) is 8.49. The molecule has 3 N–H and O–H groups in total. The number of ether oxygens (including phenoxy) is 1. The monoisotopic (exact) mass is 343 g/mol. The molecular weight excluding hydrogens is 318 g/mol. The molecule has 3 rings (SSSR count). The third-order valence-corrected chi connectivity index (χ3v) is 4.64. The number of carbonyl (C=O) groups excluding carboxylic acids is 1. The molecule has 1 atom stereocenters. The molecule has 0 aliphatic heterocycles. The topological polar surface area (TPSA) is 90.4 Å². The molecule has 6 nitrogen and oxygen atoms in total. The number of carbonyl (C=O) groups is 1. The highest BCUT2D eigenvalue weighted by molar-refractivity contribution is 5.79. The summed E-state index contributed by atoms with van der Waals surface area (Å²) in [6, 6.07) is 7.70. The number of hydrogen-bond donors (Lipinski definition) is 2. The molecule has 1 unspecified atom stereocenters. The minimum Gasteiger partial charge on any atom is -0.489 e. The number of aromatic nitrogens is 1. The van der Waals surface area contributed by atoms with E-state index < -0.39 is 0 Å². The van der Waals surface area contributed by atoms with Gasteiger partial charge in [-0.1, -0.05) is 17.3 Å². The number of rotatable bonds is 8. The lowest BCUT2D eigenvalue weighted by atomic mass is 10.1. The van der Waals surface area contributed by atoms with Crippen molar-refractivity contribution in [3.05, 3.63) is 46.8 Å². The normalized spacial score (nSPS) is 15.0. The van der Waals surface area contributed by atoms with Gasteiger partial charge in [-0.2, -0.15) is 0 Å². The smallest absolute Gasteiger partial charge is 0.224 e. The van der Waals surface area contributed by atoms with Gasteiger partial charge in [0.25, 0.3) is 0 Å².